The number of primary amides is 1. The van der Waals surface area contributed by atoms with Gasteiger partial charge in [0.2, 0.25) is 5.91 Å². The summed E-state index contributed by atoms with van der Waals surface area (Å²) in [5, 5.41) is 11.5. The predicted molar refractivity (Wildman–Crippen MR) is 95.8 cm³/mol. The van der Waals surface area contributed by atoms with Crippen molar-refractivity contribution in [2.75, 3.05) is 0 Å². The molecule has 3 N–H and O–H groups in total. The maximum atomic E-state index is 11.9. The molecule has 1 aliphatic carbocycles. The highest BCUT2D eigenvalue weighted by atomic mass is 16.3. The lowest BCUT2D eigenvalue weighted by molar-refractivity contribution is 0.100. The maximum Gasteiger partial charge on any atom is 0.249 e. The van der Waals surface area contributed by atoms with Gasteiger partial charge in [-0.25, -0.2) is 0 Å². The van der Waals surface area contributed by atoms with Crippen LogP contribution in [0, 0.1) is 5.92 Å². The fourth-order valence-electron chi connectivity index (χ4n) is 4.14. The van der Waals surface area contributed by atoms with Gasteiger partial charge >= 0.3 is 0 Å². The van der Waals surface area contributed by atoms with Crippen LogP contribution >= 0.6 is 0 Å². The molecular formula is C20H22N2O2. The molecule has 24 heavy (non-hydrogen) atoms. The Morgan fingerprint density at radius 1 is 1.17 bits per heavy atom. The van der Waals surface area contributed by atoms with Crippen LogP contribution in [0.1, 0.15) is 41.6 Å². The largest absolute Gasteiger partial charge is 0.392 e. The maximum absolute atomic E-state index is 11.9. The Kier molecular flexibility index (Phi) is 3.77. The van der Waals surface area contributed by atoms with E-state index in [0.717, 1.165) is 33.9 Å². The first kappa shape index (κ1) is 15.2. The lowest BCUT2D eigenvalue weighted by Crippen LogP contribution is -2.11. The Hall–Kier alpha value is -2.33. The average Bonchev–Trinajstić information content (AvgIpc) is 3.21. The molecule has 0 saturated heterocycles. The molecule has 0 spiro atoms. The topological polar surface area (TPSA) is 68.2 Å². The highest BCUT2D eigenvalue weighted by Crippen LogP contribution is 2.35. The molecule has 1 fully saturated rings. The van der Waals surface area contributed by atoms with Crippen molar-refractivity contribution >= 4 is 27.7 Å². The number of hydrogen-bond acceptors (Lipinski definition) is 2. The monoisotopic (exact) mass is 322 g/mol. The Morgan fingerprint density at radius 3 is 2.67 bits per heavy atom. The van der Waals surface area contributed by atoms with E-state index in [1.165, 1.54) is 25.7 Å². The van der Waals surface area contributed by atoms with Gasteiger partial charge < -0.3 is 15.4 Å². The lowest BCUT2D eigenvalue weighted by atomic mass is 10.0. The Bertz CT molecular complexity index is 920. The minimum Gasteiger partial charge on any atom is -0.392 e. The third-order valence-electron chi connectivity index (χ3n) is 5.32. The van der Waals surface area contributed by atoms with Gasteiger partial charge in [-0.05, 0) is 42.5 Å². The summed E-state index contributed by atoms with van der Waals surface area (Å²) in [6.45, 7) is 0.973. The second-order valence-electron chi connectivity index (χ2n) is 6.83. The van der Waals surface area contributed by atoms with Crippen LogP contribution in [-0.4, -0.2) is 15.6 Å². The fraction of sp³-hybridized carbons (Fsp3) is 0.350. The molecule has 1 saturated carbocycles. The van der Waals surface area contributed by atoms with E-state index >= 15 is 0 Å². The average molecular weight is 322 g/mol. The second-order valence-corrected chi connectivity index (χ2v) is 6.83. The van der Waals surface area contributed by atoms with Crippen molar-refractivity contribution in [3.63, 3.8) is 0 Å². The van der Waals surface area contributed by atoms with Crippen molar-refractivity contribution < 1.29 is 9.90 Å². The summed E-state index contributed by atoms with van der Waals surface area (Å²) in [5.41, 5.74) is 9.21. The summed E-state index contributed by atoms with van der Waals surface area (Å²) >= 11 is 0. The molecule has 3 aromatic rings. The van der Waals surface area contributed by atoms with Crippen molar-refractivity contribution in [3.05, 3.63) is 47.5 Å². The molecule has 0 unspecified atom stereocenters. The van der Waals surface area contributed by atoms with Crippen molar-refractivity contribution in [1.29, 1.82) is 0 Å². The zero-order valence-electron chi connectivity index (χ0n) is 13.7. The summed E-state index contributed by atoms with van der Waals surface area (Å²) < 4.78 is 2.31. The molecule has 1 aromatic heterocycles. The Labute approximate surface area is 140 Å². The van der Waals surface area contributed by atoms with Gasteiger partial charge in [0, 0.05) is 33.9 Å². The smallest absolute Gasteiger partial charge is 0.249 e. The van der Waals surface area contributed by atoms with E-state index in [0.29, 0.717) is 11.5 Å². The molecular weight excluding hydrogens is 300 g/mol. The van der Waals surface area contributed by atoms with Crippen LogP contribution < -0.4 is 5.73 Å². The number of nitrogens with two attached hydrogens (primary N) is 1. The summed E-state index contributed by atoms with van der Waals surface area (Å²) in [6, 6.07) is 11.7. The van der Waals surface area contributed by atoms with Crippen molar-refractivity contribution in [1.82, 2.24) is 4.57 Å². The predicted octanol–water partition coefficient (Wildman–Crippen LogP) is 3.58. The van der Waals surface area contributed by atoms with E-state index in [-0.39, 0.29) is 6.61 Å². The van der Waals surface area contributed by atoms with Gasteiger partial charge in [-0.3, -0.25) is 4.79 Å². The van der Waals surface area contributed by atoms with Gasteiger partial charge in [0.15, 0.2) is 0 Å². The lowest BCUT2D eigenvalue weighted by Gasteiger charge is -2.13. The number of benzene rings is 2. The van der Waals surface area contributed by atoms with Gasteiger partial charge in [0.1, 0.15) is 0 Å². The number of aliphatic hydroxyl groups is 1. The molecule has 4 rings (SSSR count). The van der Waals surface area contributed by atoms with E-state index in [1.54, 1.807) is 6.07 Å². The first-order chi connectivity index (χ1) is 11.7. The standard InChI is InChI=1S/C20H22N2O2/c21-20(24)16-6-3-7-17-19(16)15-9-8-14(12-23)10-18(15)22(17)11-13-4-1-2-5-13/h3,6-10,13,23H,1-2,4-5,11-12H2,(H2,21,24). The van der Waals surface area contributed by atoms with Crippen LogP contribution in [-0.2, 0) is 13.2 Å². The molecule has 0 radical (unpaired) electrons. The highest BCUT2D eigenvalue weighted by molar-refractivity contribution is 6.17. The zero-order valence-corrected chi connectivity index (χ0v) is 13.7. The van der Waals surface area contributed by atoms with E-state index in [2.05, 4.69) is 10.6 Å². The minimum atomic E-state index is -0.397. The Balaban J connectivity index is 2.01. The molecule has 4 heteroatoms. The quantitative estimate of drug-likeness (QED) is 0.771. The number of hydrogen-bond donors (Lipinski definition) is 2. The number of fused-ring (bicyclic) bond motifs is 3. The summed E-state index contributed by atoms with van der Waals surface area (Å²) in [7, 11) is 0. The molecule has 124 valence electrons. The van der Waals surface area contributed by atoms with Gasteiger partial charge in [-0.15, -0.1) is 0 Å². The van der Waals surface area contributed by atoms with Gasteiger partial charge in [-0.1, -0.05) is 31.0 Å². The number of carbonyl (C=O) groups excluding carboxylic acids is 1. The first-order valence-electron chi connectivity index (χ1n) is 8.63. The normalized spacial score (nSPS) is 15.5. The van der Waals surface area contributed by atoms with Gasteiger partial charge in [0.05, 0.1) is 6.61 Å². The fourth-order valence-corrected chi connectivity index (χ4v) is 4.14. The van der Waals surface area contributed by atoms with Crippen molar-refractivity contribution in [2.45, 2.75) is 38.8 Å². The SMILES string of the molecule is NC(=O)c1cccc2c1c1ccc(CO)cc1n2CC1CCCC1. The number of rotatable bonds is 4. The summed E-state index contributed by atoms with van der Waals surface area (Å²) in [5.74, 6) is 0.283. The molecule has 0 bridgehead atoms. The molecule has 1 aliphatic rings. The first-order valence-corrected chi connectivity index (χ1v) is 8.63. The molecule has 0 atom stereocenters. The number of aromatic nitrogens is 1. The number of aliphatic hydroxyl groups excluding tert-OH is 1. The van der Waals surface area contributed by atoms with Crippen LogP contribution in [0.25, 0.3) is 21.8 Å². The molecule has 1 amide bonds. The minimum absolute atomic E-state index is 0.0174. The molecule has 4 nitrogen and oxygen atoms in total. The van der Waals surface area contributed by atoms with Crippen molar-refractivity contribution in [3.8, 4) is 0 Å². The summed E-state index contributed by atoms with van der Waals surface area (Å²) in [4.78, 5) is 11.9. The van der Waals surface area contributed by atoms with Crippen LogP contribution in [0.2, 0.25) is 0 Å². The molecule has 1 heterocycles. The van der Waals surface area contributed by atoms with Crippen LogP contribution in [0.15, 0.2) is 36.4 Å². The van der Waals surface area contributed by atoms with E-state index in [1.807, 2.05) is 24.3 Å². The zero-order chi connectivity index (χ0) is 16.7. The van der Waals surface area contributed by atoms with Crippen LogP contribution in [0.3, 0.4) is 0 Å². The third-order valence-corrected chi connectivity index (χ3v) is 5.32. The van der Waals surface area contributed by atoms with Gasteiger partial charge in [0.25, 0.3) is 0 Å². The molecule has 0 aliphatic heterocycles. The summed E-state index contributed by atoms with van der Waals surface area (Å²) in [6.07, 6.45) is 5.12. The molecule has 2 aromatic carbocycles. The third kappa shape index (κ3) is 2.38. The number of carbonyl (C=O) groups is 1. The van der Waals surface area contributed by atoms with E-state index < -0.39 is 5.91 Å². The van der Waals surface area contributed by atoms with E-state index in [9.17, 15) is 9.90 Å². The number of nitrogens with zero attached hydrogens (tertiary/aromatic N) is 1. The highest BCUT2D eigenvalue weighted by Gasteiger charge is 2.21. The van der Waals surface area contributed by atoms with Crippen LogP contribution in [0.5, 0.6) is 0 Å². The van der Waals surface area contributed by atoms with Crippen molar-refractivity contribution in [2.24, 2.45) is 11.7 Å². The van der Waals surface area contributed by atoms with E-state index in [4.69, 9.17) is 5.73 Å². The van der Waals surface area contributed by atoms with Crippen LogP contribution in [0.4, 0.5) is 0 Å². The second kappa shape index (κ2) is 5.95. The number of amides is 1. The van der Waals surface area contributed by atoms with Gasteiger partial charge in [-0.2, -0.15) is 0 Å². The Morgan fingerprint density at radius 2 is 1.96 bits per heavy atom.